The van der Waals surface area contributed by atoms with Crippen molar-refractivity contribution in [1.29, 1.82) is 0 Å². The van der Waals surface area contributed by atoms with E-state index in [0.717, 1.165) is 107 Å². The molecule has 9 aromatic carbocycles. The summed E-state index contributed by atoms with van der Waals surface area (Å²) in [6, 6.07) is 63.0. The van der Waals surface area contributed by atoms with Crippen LogP contribution in [-0.2, 0) is 109 Å². The first kappa shape index (κ1) is 114. The highest BCUT2D eigenvalue weighted by atomic mass is 17.2. The molecule has 6 heterocycles. The molecule has 38 heteroatoms. The summed E-state index contributed by atoms with van der Waals surface area (Å²) < 4.78 is 37.4. The highest BCUT2D eigenvalue weighted by Gasteiger charge is 2.40. The number of ether oxygens (including phenoxy) is 8. The fraction of sp³-hybridized carbons (Fsp3) is 0.295. The number of fused-ring (bicyclic) bond motifs is 4. The number of nitrogens with one attached hydrogen (secondary N) is 2. The van der Waals surface area contributed by atoms with Crippen LogP contribution in [0.15, 0.2) is 217 Å². The minimum atomic E-state index is -0.562. The number of esters is 8. The zero-order chi connectivity index (χ0) is 105. The Bertz CT molecular complexity index is 6140. The van der Waals surface area contributed by atoms with E-state index in [-0.39, 0.29) is 47.4 Å². The standard InChI is InChI=1S/C31H33N5O4.C21H19NO5.C14H22N4O.C12H11NO4.C10H9NO3.C7H8O.2C4H6O3.C2H6O2/c1-34-15-17-36(18-16-34)20-27(37)35(2)24-12-10-23(11-13-24)32-29(21-7-5-4-6-8-21)28-25-14-9-22(31(39)40-3)19-26(25)33-30(28)38;1-4-27-19(14-8-6-5-7-9-14)18-16-11-10-15(21(25)26-3)12-17(16)22(13(2)23)20(18)24;1-16-7-9-18(10-8-16)11-14(19)17(2)13-5-3-12(15)4-6-13;1-7(14)13-10-5-9(12(16)17-2)4-3-8(10)6-11(13)15;1-14-10(13)7-3-2-6-5-9(12)11-8(6)4-7;1-8-7-5-3-2-4-6-7;2*1-3(5)7-4(2)6;1-3-4-2/h4-14,19,33,38H,15-18,20H2,1-3H3;5-12H,4H2,1-3H3;3-6H,7-11,15H2,1-2H3;3-5H,6H2,1-2H3;2-4H,5H2,1H3,(H,11,12);2-6H,1H3;2*1-2H3;1-2H3/b;19-18+;;;;;;;. The maximum atomic E-state index is 13.1. The molecule has 5 aliphatic rings. The van der Waals surface area contributed by atoms with Gasteiger partial charge in [0.05, 0.1) is 138 Å². The van der Waals surface area contributed by atoms with Crippen LogP contribution < -0.4 is 35.4 Å². The fourth-order valence-electron chi connectivity index (χ4n) is 14.4. The first-order chi connectivity index (χ1) is 68.2. The summed E-state index contributed by atoms with van der Waals surface area (Å²) in [5, 5.41) is 14.3. The molecule has 5 N–H and O–H groups in total. The van der Waals surface area contributed by atoms with Gasteiger partial charge in [0.2, 0.25) is 35.4 Å². The molecule has 15 rings (SSSR count). The zero-order valence-electron chi connectivity index (χ0n) is 83.2. The molecule has 5 aliphatic heterocycles. The number of anilines is 6. The van der Waals surface area contributed by atoms with E-state index in [0.29, 0.717) is 105 Å². The number of benzene rings is 9. The van der Waals surface area contributed by atoms with Crippen LogP contribution in [0.4, 0.5) is 39.8 Å². The molecule has 0 unspecified atom stereocenters. The van der Waals surface area contributed by atoms with E-state index in [2.05, 4.69) is 72.7 Å². The van der Waals surface area contributed by atoms with E-state index in [1.54, 1.807) is 84.6 Å². The summed E-state index contributed by atoms with van der Waals surface area (Å²) in [6.45, 7) is 18.1. The number of H-pyrrole nitrogens is 1. The van der Waals surface area contributed by atoms with Gasteiger partial charge in [-0.05, 0) is 141 Å². The number of aliphatic imine (C=N–C) groups is 1. The Morgan fingerprint density at radius 2 is 0.874 bits per heavy atom. The van der Waals surface area contributed by atoms with E-state index >= 15 is 0 Å². The summed E-state index contributed by atoms with van der Waals surface area (Å²) in [4.78, 5) is 200. The van der Waals surface area contributed by atoms with E-state index in [1.165, 1.54) is 96.3 Å². The Hall–Kier alpha value is -16.3. The Morgan fingerprint density at radius 3 is 1.30 bits per heavy atom. The number of nitrogens with zero attached hydrogens (tertiary/aromatic N) is 9. The first-order valence-electron chi connectivity index (χ1n) is 44.7. The quantitative estimate of drug-likeness (QED) is 0.00713. The molecule has 0 saturated carbocycles. The summed E-state index contributed by atoms with van der Waals surface area (Å²) in [5.41, 5.74) is 17.4. The number of imide groups is 2. The molecule has 0 atom stereocenters. The van der Waals surface area contributed by atoms with Crippen LogP contribution in [0, 0.1) is 0 Å². The van der Waals surface area contributed by atoms with Gasteiger partial charge < -0.3 is 78.6 Å². The monoisotopic (exact) mass is 1960 g/mol. The van der Waals surface area contributed by atoms with E-state index < -0.39 is 59.6 Å². The van der Waals surface area contributed by atoms with Crippen molar-refractivity contribution in [3.05, 3.63) is 268 Å². The van der Waals surface area contributed by atoms with Crippen molar-refractivity contribution in [3.63, 3.8) is 0 Å². The Balaban J connectivity index is 0.000000236. The number of hydrogen-bond donors (Lipinski definition) is 4. The smallest absolute Gasteiger partial charge is 0.337 e. The summed E-state index contributed by atoms with van der Waals surface area (Å²) in [6.07, 6.45) is 0.577. The predicted molar refractivity (Wildman–Crippen MR) is 538 cm³/mol. The van der Waals surface area contributed by atoms with Gasteiger partial charge in [-0.25, -0.2) is 38.8 Å². The molecule has 38 nitrogen and oxygen atoms in total. The second-order valence-electron chi connectivity index (χ2n) is 31.9. The second-order valence-corrected chi connectivity index (χ2v) is 31.9. The Morgan fingerprint density at radius 1 is 0.455 bits per heavy atom. The van der Waals surface area contributed by atoms with Crippen LogP contribution in [0.1, 0.15) is 123 Å². The number of piperazine rings is 2. The molecule has 2 fully saturated rings. The van der Waals surface area contributed by atoms with Gasteiger partial charge >= 0.3 is 47.8 Å². The summed E-state index contributed by atoms with van der Waals surface area (Å²) in [5.74, 6) is -4.29. The molecular weight excluding hydrogens is 1850 g/mol. The van der Waals surface area contributed by atoms with Gasteiger partial charge in [-0.3, -0.25) is 67.4 Å². The zero-order valence-corrected chi connectivity index (χ0v) is 83.2. The van der Waals surface area contributed by atoms with Crippen LogP contribution in [-0.4, -0.2) is 275 Å². The van der Waals surface area contributed by atoms with Gasteiger partial charge in [0.1, 0.15) is 11.5 Å². The largest absolute Gasteiger partial charge is 0.497 e. The molecule has 0 radical (unpaired) electrons. The van der Waals surface area contributed by atoms with Crippen LogP contribution in [0.5, 0.6) is 11.6 Å². The maximum absolute atomic E-state index is 13.1. The van der Waals surface area contributed by atoms with Crippen molar-refractivity contribution >= 4 is 157 Å². The minimum Gasteiger partial charge on any atom is -0.497 e. The number of nitrogens with two attached hydrogens (primary N) is 1. The van der Waals surface area contributed by atoms with E-state index in [9.17, 15) is 77.0 Å². The van der Waals surface area contributed by atoms with Crippen molar-refractivity contribution in [2.24, 2.45) is 4.99 Å². The Kier molecular flexibility index (Phi) is 45.1. The molecule has 1 aromatic heterocycles. The third-order valence-corrected chi connectivity index (χ3v) is 21.6. The lowest BCUT2D eigenvalue weighted by Gasteiger charge is -2.32. The maximum Gasteiger partial charge on any atom is 0.337 e. The molecular formula is C105H120N12O26. The van der Waals surface area contributed by atoms with Gasteiger partial charge in [-0.1, -0.05) is 103 Å². The molecule has 143 heavy (non-hydrogen) atoms. The molecule has 756 valence electrons. The number of para-hydroxylation sites is 1. The molecule has 10 aromatic rings. The number of aromatic nitrogens is 1. The SMILES string of the molecule is CC(=O)OC(C)=O.CC(=O)OC(C)=O.CCO/C(=C1/C(=O)N(C(C)=O)c2cc(C(=O)OC)ccc21)c1ccccc1.CN1CCN(CC(=O)N(C)c2ccc(N)cc2)CC1.COC(=O)c1ccc2c(C(=Nc3ccc(N(C)C(=O)CN4CCN(C)CC4)cc3)c3ccccc3)c(O)[nH]c2c1.COC(=O)c1ccc2c(c1)N(C(C)=O)C(=O)C2.COC(=O)c1ccc2c(c1)NC(=O)C2.COOC.COc1ccccc1. The van der Waals surface area contributed by atoms with Crippen molar-refractivity contribution in [1.82, 2.24) is 24.6 Å². The number of amides is 7. The normalized spacial score (nSPS) is 13.6. The van der Waals surface area contributed by atoms with E-state index in [4.69, 9.17) is 29.7 Å². The lowest BCUT2D eigenvalue weighted by molar-refractivity contribution is -0.248. The minimum absolute atomic E-state index is 0.0398. The second kappa shape index (κ2) is 56.7. The number of carbonyl (C=O) groups excluding carboxylic acids is 15. The summed E-state index contributed by atoms with van der Waals surface area (Å²) in [7, 11) is 17.6. The lowest BCUT2D eigenvalue weighted by atomic mass is 10.00. The van der Waals surface area contributed by atoms with Crippen molar-refractivity contribution in [2.45, 2.75) is 61.3 Å². The molecule has 0 spiro atoms. The lowest BCUT2D eigenvalue weighted by Crippen LogP contribution is -2.48. The fourth-order valence-corrected chi connectivity index (χ4v) is 14.4. The predicted octanol–water partition coefficient (Wildman–Crippen LogP) is 11.7. The number of rotatable bonds is 18. The number of carbonyl (C=O) groups is 15. The van der Waals surface area contributed by atoms with Crippen LogP contribution in [0.3, 0.4) is 0 Å². The number of hydrogen-bond acceptors (Lipinski definition) is 32. The number of likely N-dealkylation sites (N-methyl/N-ethyl adjacent to an activating group) is 4. The molecule has 2 saturated heterocycles. The number of aromatic hydroxyl groups is 1. The molecule has 0 bridgehead atoms. The molecule has 7 amide bonds. The van der Waals surface area contributed by atoms with Crippen molar-refractivity contribution in [3.8, 4) is 11.6 Å². The third kappa shape index (κ3) is 34.1. The van der Waals surface area contributed by atoms with Crippen LogP contribution in [0.2, 0.25) is 0 Å². The Labute approximate surface area is 828 Å². The van der Waals surface area contributed by atoms with Gasteiger partial charge in [0.15, 0.2) is 5.88 Å². The van der Waals surface area contributed by atoms with E-state index in [1.807, 2.05) is 153 Å². The summed E-state index contributed by atoms with van der Waals surface area (Å²) >= 11 is 0. The van der Waals surface area contributed by atoms with Gasteiger partial charge in [0.25, 0.3) is 5.91 Å². The van der Waals surface area contributed by atoms with Gasteiger partial charge in [0, 0.05) is 158 Å². The first-order valence-corrected chi connectivity index (χ1v) is 44.7. The van der Waals surface area contributed by atoms with Crippen molar-refractivity contribution in [2.75, 3.05) is 181 Å². The third-order valence-electron chi connectivity index (χ3n) is 21.6. The number of aromatic amines is 1. The highest BCUT2D eigenvalue weighted by molar-refractivity contribution is 6.43. The van der Waals surface area contributed by atoms with Crippen LogP contribution >= 0.6 is 0 Å². The number of methoxy groups -OCH3 is 5. The topological polar surface area (TPSA) is 461 Å². The van der Waals surface area contributed by atoms with Crippen molar-refractivity contribution < 1.29 is 125 Å². The molecule has 0 aliphatic carbocycles. The number of nitrogen functional groups attached to an aromatic ring is 1. The highest BCUT2D eigenvalue weighted by Crippen LogP contribution is 2.43. The average Bonchev–Trinajstić information content (AvgIpc) is 1.58. The van der Waals surface area contributed by atoms with Gasteiger partial charge in [-0.15, -0.1) is 0 Å². The van der Waals surface area contributed by atoms with Gasteiger partial charge in [-0.2, -0.15) is 0 Å². The van der Waals surface area contributed by atoms with Crippen LogP contribution in [0.25, 0.3) is 22.2 Å². The average molecular weight is 1970 g/mol.